The number of carbonyl (C=O) groups excluding carboxylic acids is 2. The van der Waals surface area contributed by atoms with Gasteiger partial charge >= 0.3 is 0 Å². The molecule has 5 heteroatoms. The first-order chi connectivity index (χ1) is 11.6. The van der Waals surface area contributed by atoms with Crippen molar-refractivity contribution in [3.8, 4) is 0 Å². The van der Waals surface area contributed by atoms with Gasteiger partial charge in [0.2, 0.25) is 11.8 Å². The lowest BCUT2D eigenvalue weighted by Crippen LogP contribution is -2.47. The van der Waals surface area contributed by atoms with Crippen LogP contribution in [0.4, 0.5) is 0 Å². The van der Waals surface area contributed by atoms with Gasteiger partial charge in [0.05, 0.1) is 6.42 Å². The van der Waals surface area contributed by atoms with E-state index in [0.29, 0.717) is 24.5 Å². The summed E-state index contributed by atoms with van der Waals surface area (Å²) >= 11 is 6.14. The van der Waals surface area contributed by atoms with Crippen molar-refractivity contribution in [2.24, 2.45) is 0 Å². The predicted octanol–water partition coefficient (Wildman–Crippen LogP) is 3.10. The van der Waals surface area contributed by atoms with Crippen molar-refractivity contribution in [2.45, 2.75) is 25.9 Å². The molecule has 0 spiro atoms. The molecule has 124 valence electrons. The minimum Gasteiger partial charge on any atom is -0.350 e. The number of hydrogen-bond acceptors (Lipinski definition) is 2. The van der Waals surface area contributed by atoms with Crippen LogP contribution in [0.25, 0.3) is 0 Å². The number of carbonyl (C=O) groups is 2. The summed E-state index contributed by atoms with van der Waals surface area (Å²) in [7, 11) is 0. The van der Waals surface area contributed by atoms with Crippen LogP contribution >= 0.6 is 11.6 Å². The normalized spacial score (nSPS) is 16.7. The van der Waals surface area contributed by atoms with Crippen LogP contribution in [0.5, 0.6) is 0 Å². The van der Waals surface area contributed by atoms with Crippen molar-refractivity contribution in [3.05, 3.63) is 70.2 Å². The number of hydrogen-bond donors (Lipinski definition) is 1. The van der Waals surface area contributed by atoms with E-state index in [1.54, 1.807) is 11.0 Å². The molecule has 1 aliphatic rings. The zero-order chi connectivity index (χ0) is 17.1. The molecule has 0 saturated heterocycles. The minimum absolute atomic E-state index is 0.0194. The largest absolute Gasteiger partial charge is 0.350 e. The molecule has 0 bridgehead atoms. The molecule has 1 atom stereocenters. The molecule has 1 N–H and O–H groups in total. The Bertz CT molecular complexity index is 775. The average molecular weight is 343 g/mol. The van der Waals surface area contributed by atoms with Crippen LogP contribution in [-0.4, -0.2) is 23.3 Å². The summed E-state index contributed by atoms with van der Waals surface area (Å²) in [6.45, 7) is 2.72. The average Bonchev–Trinajstić information content (AvgIpc) is 2.59. The monoisotopic (exact) mass is 342 g/mol. The van der Waals surface area contributed by atoms with E-state index in [-0.39, 0.29) is 11.8 Å². The summed E-state index contributed by atoms with van der Waals surface area (Å²) in [5.41, 5.74) is 2.67. The van der Waals surface area contributed by atoms with E-state index >= 15 is 0 Å². The van der Waals surface area contributed by atoms with Crippen LogP contribution in [0.2, 0.25) is 5.02 Å². The van der Waals surface area contributed by atoms with Gasteiger partial charge < -0.3 is 10.2 Å². The number of rotatable bonds is 4. The molecular formula is C19H19ClN2O2. The van der Waals surface area contributed by atoms with Crippen LogP contribution in [0.1, 0.15) is 29.7 Å². The Morgan fingerprint density at radius 2 is 1.92 bits per heavy atom. The molecule has 1 unspecified atom stereocenters. The molecule has 24 heavy (non-hydrogen) atoms. The number of amides is 2. The predicted molar refractivity (Wildman–Crippen MR) is 93.6 cm³/mol. The number of nitrogens with zero attached hydrogens (tertiary/aromatic N) is 1. The van der Waals surface area contributed by atoms with Gasteiger partial charge in [0.1, 0.15) is 6.04 Å². The Kier molecular flexibility index (Phi) is 4.86. The van der Waals surface area contributed by atoms with E-state index in [1.165, 1.54) is 0 Å². The zero-order valence-corrected chi connectivity index (χ0v) is 14.2. The van der Waals surface area contributed by atoms with Gasteiger partial charge in [-0.1, -0.05) is 54.1 Å². The van der Waals surface area contributed by atoms with E-state index in [4.69, 9.17) is 11.6 Å². The topological polar surface area (TPSA) is 49.4 Å². The lowest BCUT2D eigenvalue weighted by atomic mass is 9.91. The number of benzene rings is 2. The smallest absolute Gasteiger partial charge is 0.247 e. The summed E-state index contributed by atoms with van der Waals surface area (Å²) in [6, 6.07) is 14.4. The molecule has 2 aromatic rings. The number of fused-ring (bicyclic) bond motifs is 1. The van der Waals surface area contributed by atoms with E-state index in [2.05, 4.69) is 5.32 Å². The van der Waals surface area contributed by atoms with Crippen molar-refractivity contribution in [3.63, 3.8) is 0 Å². The molecule has 0 saturated carbocycles. The molecule has 1 aliphatic heterocycles. The third kappa shape index (κ3) is 3.15. The highest BCUT2D eigenvalue weighted by molar-refractivity contribution is 6.31. The highest BCUT2D eigenvalue weighted by Gasteiger charge is 2.35. The lowest BCUT2D eigenvalue weighted by molar-refractivity contribution is -0.141. The van der Waals surface area contributed by atoms with Crippen molar-refractivity contribution in [1.82, 2.24) is 10.2 Å². The Labute approximate surface area is 146 Å². The first kappa shape index (κ1) is 16.5. The first-order valence-corrected chi connectivity index (χ1v) is 8.38. The molecular weight excluding hydrogens is 324 g/mol. The van der Waals surface area contributed by atoms with Gasteiger partial charge in [0.25, 0.3) is 0 Å². The SMILES string of the molecule is CCN1C(=O)Cc2ccccc2C1C(=O)NCc1ccccc1Cl. The fourth-order valence-electron chi connectivity index (χ4n) is 3.10. The maximum Gasteiger partial charge on any atom is 0.247 e. The Balaban J connectivity index is 1.84. The zero-order valence-electron chi connectivity index (χ0n) is 13.5. The van der Waals surface area contributed by atoms with Crippen molar-refractivity contribution < 1.29 is 9.59 Å². The summed E-state index contributed by atoms with van der Waals surface area (Å²) < 4.78 is 0. The number of likely N-dealkylation sites (N-methyl/N-ethyl adjacent to an activating group) is 1. The quantitative estimate of drug-likeness (QED) is 0.928. The molecule has 0 fully saturated rings. The Hall–Kier alpha value is -2.33. The van der Waals surface area contributed by atoms with Crippen molar-refractivity contribution in [2.75, 3.05) is 6.54 Å². The van der Waals surface area contributed by atoms with E-state index < -0.39 is 6.04 Å². The second-order valence-electron chi connectivity index (χ2n) is 5.77. The van der Waals surface area contributed by atoms with Crippen molar-refractivity contribution >= 4 is 23.4 Å². The molecule has 1 heterocycles. The van der Waals surface area contributed by atoms with Crippen LogP contribution in [0, 0.1) is 0 Å². The third-order valence-corrected chi connectivity index (χ3v) is 4.69. The third-order valence-electron chi connectivity index (χ3n) is 4.32. The van der Waals surface area contributed by atoms with E-state index in [9.17, 15) is 9.59 Å². The van der Waals surface area contributed by atoms with E-state index in [0.717, 1.165) is 16.7 Å². The maximum atomic E-state index is 12.8. The molecule has 2 aromatic carbocycles. The van der Waals surface area contributed by atoms with Crippen LogP contribution in [0.3, 0.4) is 0 Å². The summed E-state index contributed by atoms with van der Waals surface area (Å²) in [5.74, 6) is -0.202. The lowest BCUT2D eigenvalue weighted by Gasteiger charge is -2.35. The Morgan fingerprint density at radius 3 is 2.67 bits per heavy atom. The van der Waals surface area contributed by atoms with Crippen LogP contribution in [0.15, 0.2) is 48.5 Å². The van der Waals surface area contributed by atoms with Gasteiger partial charge in [-0.25, -0.2) is 0 Å². The summed E-state index contributed by atoms with van der Waals surface area (Å²) in [4.78, 5) is 26.8. The van der Waals surface area contributed by atoms with Gasteiger partial charge in [-0.3, -0.25) is 9.59 Å². The fourth-order valence-corrected chi connectivity index (χ4v) is 3.30. The van der Waals surface area contributed by atoms with Crippen molar-refractivity contribution in [1.29, 1.82) is 0 Å². The maximum absolute atomic E-state index is 12.8. The Morgan fingerprint density at radius 1 is 1.21 bits per heavy atom. The minimum atomic E-state index is -0.588. The summed E-state index contributed by atoms with van der Waals surface area (Å²) in [6.07, 6.45) is 0.346. The second kappa shape index (κ2) is 7.05. The molecule has 3 rings (SSSR count). The molecule has 0 radical (unpaired) electrons. The van der Waals surface area contributed by atoms with Gasteiger partial charge in [0, 0.05) is 18.1 Å². The first-order valence-electron chi connectivity index (χ1n) is 8.00. The molecule has 0 aromatic heterocycles. The van der Waals surface area contributed by atoms with E-state index in [1.807, 2.05) is 49.4 Å². The molecule has 2 amide bonds. The highest BCUT2D eigenvalue weighted by atomic mass is 35.5. The second-order valence-corrected chi connectivity index (χ2v) is 6.17. The van der Waals surface area contributed by atoms with Crippen LogP contribution in [-0.2, 0) is 22.6 Å². The van der Waals surface area contributed by atoms with Gasteiger partial charge in [0.15, 0.2) is 0 Å². The van der Waals surface area contributed by atoms with Gasteiger partial charge in [-0.15, -0.1) is 0 Å². The fraction of sp³-hybridized carbons (Fsp3) is 0.263. The standard InChI is InChI=1S/C19H19ClN2O2/c1-2-22-17(23)11-13-7-3-5-9-15(13)18(22)19(24)21-12-14-8-4-6-10-16(14)20/h3-10,18H,2,11-12H2,1H3,(H,21,24). The highest BCUT2D eigenvalue weighted by Crippen LogP contribution is 2.30. The van der Waals surface area contributed by atoms with Gasteiger partial charge in [-0.05, 0) is 29.7 Å². The molecule has 0 aliphatic carbocycles. The molecule has 4 nitrogen and oxygen atoms in total. The summed E-state index contributed by atoms with van der Waals surface area (Å²) in [5, 5.41) is 3.53. The number of halogens is 1. The van der Waals surface area contributed by atoms with Crippen LogP contribution < -0.4 is 5.32 Å². The number of nitrogens with one attached hydrogen (secondary N) is 1. The van der Waals surface area contributed by atoms with Gasteiger partial charge in [-0.2, -0.15) is 0 Å².